The maximum absolute atomic E-state index is 12.1. The molecule has 2 heterocycles. The van der Waals surface area contributed by atoms with Crippen molar-refractivity contribution in [1.29, 1.82) is 0 Å². The Morgan fingerprint density at radius 1 is 1.38 bits per heavy atom. The molecule has 1 fully saturated rings. The molecule has 4 rings (SSSR count). The molecule has 0 unspecified atom stereocenters. The van der Waals surface area contributed by atoms with Gasteiger partial charge in [-0.2, -0.15) is 0 Å². The Hall–Kier alpha value is -2.14. The highest BCUT2D eigenvalue weighted by atomic mass is 32.1. The number of amides is 1. The third-order valence-electron chi connectivity index (χ3n) is 3.86. The minimum Gasteiger partial charge on any atom is -0.331 e. The summed E-state index contributed by atoms with van der Waals surface area (Å²) < 4.78 is 2.16. The van der Waals surface area contributed by atoms with Crippen LogP contribution in [-0.2, 0) is 7.05 Å². The quantitative estimate of drug-likeness (QED) is 0.800. The number of nitrogens with one attached hydrogen (secondary N) is 1. The van der Waals surface area contributed by atoms with Crippen LogP contribution in [0.15, 0.2) is 35.7 Å². The molecule has 0 radical (unpaired) electrons. The summed E-state index contributed by atoms with van der Waals surface area (Å²) in [5, 5.41) is 4.83. The molecule has 1 N–H and O–H groups in total. The van der Waals surface area contributed by atoms with Gasteiger partial charge in [-0.15, -0.1) is 11.3 Å². The minimum atomic E-state index is -0.0669. The summed E-state index contributed by atoms with van der Waals surface area (Å²) in [4.78, 5) is 17.5. The third-order valence-corrected chi connectivity index (χ3v) is 4.73. The third kappa shape index (κ3) is 2.23. The van der Waals surface area contributed by atoms with Gasteiger partial charge in [0.1, 0.15) is 5.82 Å². The van der Waals surface area contributed by atoms with Crippen LogP contribution < -0.4 is 5.32 Å². The van der Waals surface area contributed by atoms with Gasteiger partial charge in [-0.05, 0) is 42.5 Å². The highest BCUT2D eigenvalue weighted by molar-refractivity contribution is 7.12. The van der Waals surface area contributed by atoms with Crippen molar-refractivity contribution in [3.05, 3.63) is 46.4 Å². The Morgan fingerprint density at radius 2 is 2.24 bits per heavy atom. The van der Waals surface area contributed by atoms with Crippen molar-refractivity contribution < 1.29 is 4.79 Å². The molecular weight excluding hydrogens is 282 g/mol. The normalized spacial score (nSPS) is 14.5. The van der Waals surface area contributed by atoms with Crippen LogP contribution in [0.2, 0.25) is 0 Å². The van der Waals surface area contributed by atoms with Crippen molar-refractivity contribution in [3.63, 3.8) is 0 Å². The second-order valence-corrected chi connectivity index (χ2v) is 6.39. The number of fused-ring (bicyclic) bond motifs is 1. The standard InChI is InChI=1S/C16H15N3OS/c1-19-13-7-6-11(17-16(20)14-3-2-8-21-14)9-12(13)18-15(19)10-4-5-10/h2-3,6-10H,4-5H2,1H3,(H,17,20). The number of thiophene rings is 1. The largest absolute Gasteiger partial charge is 0.331 e. The molecule has 0 atom stereocenters. The fourth-order valence-electron chi connectivity index (χ4n) is 2.60. The molecule has 21 heavy (non-hydrogen) atoms. The fraction of sp³-hybridized carbons (Fsp3) is 0.250. The summed E-state index contributed by atoms with van der Waals surface area (Å²) in [7, 11) is 2.06. The Bertz CT molecular complexity index is 816. The van der Waals surface area contributed by atoms with Crippen LogP contribution in [0, 0.1) is 0 Å². The van der Waals surface area contributed by atoms with E-state index in [9.17, 15) is 4.79 Å². The van der Waals surface area contributed by atoms with Gasteiger partial charge in [0, 0.05) is 18.7 Å². The molecule has 1 aliphatic rings. The number of benzene rings is 1. The Morgan fingerprint density at radius 3 is 2.95 bits per heavy atom. The number of hydrogen-bond acceptors (Lipinski definition) is 3. The van der Waals surface area contributed by atoms with Gasteiger partial charge in [0.15, 0.2) is 0 Å². The Balaban J connectivity index is 1.66. The molecule has 1 aliphatic carbocycles. The number of aryl methyl sites for hydroxylation is 1. The Labute approximate surface area is 126 Å². The van der Waals surface area contributed by atoms with Gasteiger partial charge in [-0.3, -0.25) is 4.79 Å². The predicted molar refractivity (Wildman–Crippen MR) is 85.0 cm³/mol. The number of imidazole rings is 1. The van der Waals surface area contributed by atoms with Crippen LogP contribution in [0.25, 0.3) is 11.0 Å². The van der Waals surface area contributed by atoms with Crippen molar-refractivity contribution in [2.75, 3.05) is 5.32 Å². The molecule has 1 aromatic carbocycles. The van der Waals surface area contributed by atoms with Crippen LogP contribution in [0.1, 0.15) is 34.3 Å². The van der Waals surface area contributed by atoms with E-state index in [1.54, 1.807) is 0 Å². The van der Waals surface area contributed by atoms with Crippen molar-refractivity contribution in [2.45, 2.75) is 18.8 Å². The van der Waals surface area contributed by atoms with Crippen LogP contribution in [0.3, 0.4) is 0 Å². The number of carbonyl (C=O) groups is 1. The lowest BCUT2D eigenvalue weighted by Crippen LogP contribution is -2.09. The zero-order valence-electron chi connectivity index (χ0n) is 11.7. The molecule has 5 heteroatoms. The molecule has 0 saturated heterocycles. The number of anilines is 1. The van der Waals surface area contributed by atoms with Crippen molar-refractivity contribution in [1.82, 2.24) is 9.55 Å². The first-order valence-corrected chi connectivity index (χ1v) is 7.91. The first-order chi connectivity index (χ1) is 10.2. The highest BCUT2D eigenvalue weighted by Gasteiger charge is 2.28. The van der Waals surface area contributed by atoms with Crippen molar-refractivity contribution >= 4 is 34.0 Å². The SMILES string of the molecule is Cn1c(C2CC2)nc2cc(NC(=O)c3cccs3)ccc21. The number of nitrogens with zero attached hydrogens (tertiary/aromatic N) is 2. The van der Waals surface area contributed by atoms with Gasteiger partial charge in [0.25, 0.3) is 5.91 Å². The smallest absolute Gasteiger partial charge is 0.265 e. The zero-order valence-corrected chi connectivity index (χ0v) is 12.5. The maximum Gasteiger partial charge on any atom is 0.265 e. The average molecular weight is 297 g/mol. The zero-order chi connectivity index (χ0) is 14.4. The van der Waals surface area contributed by atoms with Crippen molar-refractivity contribution in [3.8, 4) is 0 Å². The lowest BCUT2D eigenvalue weighted by atomic mass is 10.2. The van der Waals surface area contributed by atoms with E-state index in [1.165, 1.54) is 24.2 Å². The predicted octanol–water partition coefficient (Wildman–Crippen LogP) is 3.76. The summed E-state index contributed by atoms with van der Waals surface area (Å²) in [5.41, 5.74) is 2.86. The van der Waals surface area contributed by atoms with Crippen LogP contribution in [-0.4, -0.2) is 15.5 Å². The molecule has 0 spiro atoms. The van der Waals surface area contributed by atoms with E-state index in [0.29, 0.717) is 5.92 Å². The summed E-state index contributed by atoms with van der Waals surface area (Å²) in [6.07, 6.45) is 2.47. The van der Waals surface area contributed by atoms with E-state index in [1.807, 2.05) is 35.7 Å². The molecular formula is C16H15N3OS. The monoisotopic (exact) mass is 297 g/mol. The molecule has 2 aromatic heterocycles. The molecule has 0 bridgehead atoms. The molecule has 1 amide bonds. The fourth-order valence-corrected chi connectivity index (χ4v) is 3.22. The summed E-state index contributed by atoms with van der Waals surface area (Å²) in [5.74, 6) is 1.71. The van der Waals surface area contributed by atoms with E-state index >= 15 is 0 Å². The molecule has 0 aliphatic heterocycles. The maximum atomic E-state index is 12.1. The summed E-state index contributed by atoms with van der Waals surface area (Å²) >= 11 is 1.44. The van der Waals surface area contributed by atoms with E-state index in [0.717, 1.165) is 27.4 Å². The van der Waals surface area contributed by atoms with Gasteiger partial charge in [0.05, 0.1) is 15.9 Å². The molecule has 4 nitrogen and oxygen atoms in total. The number of aromatic nitrogens is 2. The molecule has 3 aromatic rings. The first kappa shape index (κ1) is 12.6. The summed E-state index contributed by atoms with van der Waals surface area (Å²) in [6.45, 7) is 0. The number of carbonyl (C=O) groups excluding carboxylic acids is 1. The van der Waals surface area contributed by atoms with Crippen LogP contribution in [0.4, 0.5) is 5.69 Å². The van der Waals surface area contributed by atoms with Crippen LogP contribution >= 0.6 is 11.3 Å². The van der Waals surface area contributed by atoms with Gasteiger partial charge >= 0.3 is 0 Å². The molecule has 1 saturated carbocycles. The van der Waals surface area contributed by atoms with Gasteiger partial charge in [0.2, 0.25) is 0 Å². The average Bonchev–Trinajstić information content (AvgIpc) is 3.06. The number of rotatable bonds is 3. The highest BCUT2D eigenvalue weighted by Crippen LogP contribution is 2.40. The number of hydrogen-bond donors (Lipinski definition) is 1. The van der Waals surface area contributed by atoms with E-state index in [-0.39, 0.29) is 5.91 Å². The lowest BCUT2D eigenvalue weighted by Gasteiger charge is -2.04. The van der Waals surface area contributed by atoms with Crippen molar-refractivity contribution in [2.24, 2.45) is 7.05 Å². The first-order valence-electron chi connectivity index (χ1n) is 7.03. The Kier molecular flexibility index (Phi) is 2.82. The van der Waals surface area contributed by atoms with E-state index in [4.69, 9.17) is 4.98 Å². The van der Waals surface area contributed by atoms with Gasteiger partial charge in [-0.25, -0.2) is 4.98 Å². The van der Waals surface area contributed by atoms with E-state index in [2.05, 4.69) is 16.9 Å². The van der Waals surface area contributed by atoms with E-state index < -0.39 is 0 Å². The second kappa shape index (κ2) is 4.70. The minimum absolute atomic E-state index is 0.0669. The second-order valence-electron chi connectivity index (χ2n) is 5.44. The van der Waals surface area contributed by atoms with Gasteiger partial charge < -0.3 is 9.88 Å². The topological polar surface area (TPSA) is 46.9 Å². The van der Waals surface area contributed by atoms with Gasteiger partial charge in [-0.1, -0.05) is 6.07 Å². The lowest BCUT2D eigenvalue weighted by molar-refractivity contribution is 0.103. The summed E-state index contributed by atoms with van der Waals surface area (Å²) in [6, 6.07) is 9.62. The van der Waals surface area contributed by atoms with Crippen LogP contribution in [0.5, 0.6) is 0 Å². The molecule has 106 valence electrons.